The standard InChI is InChI=1S/C22H23N5O3S/c1-14-10-18(19(27(29)30)11-15(14)2)23-20(28)13-31-22-25-24-21(17-8-9-17)26(22)12-16-6-4-3-5-7-16/h3-7,10-11,17H,8-9,12-13H2,1-2H3,(H,23,28). The summed E-state index contributed by atoms with van der Waals surface area (Å²) in [6, 6.07) is 13.2. The fraction of sp³-hybridized carbons (Fsp3) is 0.318. The maximum Gasteiger partial charge on any atom is 0.293 e. The lowest BCUT2D eigenvalue weighted by atomic mass is 10.1. The van der Waals surface area contributed by atoms with Gasteiger partial charge in [0.1, 0.15) is 11.5 Å². The van der Waals surface area contributed by atoms with Gasteiger partial charge in [0.05, 0.1) is 17.2 Å². The average molecular weight is 438 g/mol. The van der Waals surface area contributed by atoms with Crippen LogP contribution < -0.4 is 5.32 Å². The molecular formula is C22H23N5O3S. The lowest BCUT2D eigenvalue weighted by Gasteiger charge is -2.11. The van der Waals surface area contributed by atoms with Crippen molar-refractivity contribution < 1.29 is 9.72 Å². The predicted octanol–water partition coefficient (Wildman–Crippen LogP) is 4.46. The van der Waals surface area contributed by atoms with Gasteiger partial charge in [0, 0.05) is 12.0 Å². The van der Waals surface area contributed by atoms with Crippen LogP contribution in [0.1, 0.15) is 41.3 Å². The van der Waals surface area contributed by atoms with Crippen molar-refractivity contribution in [3.8, 4) is 0 Å². The molecule has 0 bridgehead atoms. The fourth-order valence-electron chi connectivity index (χ4n) is 3.33. The second-order valence-electron chi connectivity index (χ2n) is 7.73. The van der Waals surface area contributed by atoms with Crippen LogP contribution in [0, 0.1) is 24.0 Å². The second kappa shape index (κ2) is 8.89. The average Bonchev–Trinajstić information content (AvgIpc) is 3.51. The number of aromatic nitrogens is 3. The number of aryl methyl sites for hydroxylation is 2. The van der Waals surface area contributed by atoms with E-state index in [4.69, 9.17) is 0 Å². The van der Waals surface area contributed by atoms with Gasteiger partial charge in [-0.1, -0.05) is 42.1 Å². The van der Waals surface area contributed by atoms with Crippen molar-refractivity contribution in [3.05, 3.63) is 75.1 Å². The van der Waals surface area contributed by atoms with E-state index in [0.717, 1.165) is 35.4 Å². The zero-order chi connectivity index (χ0) is 22.0. The molecule has 1 N–H and O–H groups in total. The van der Waals surface area contributed by atoms with E-state index < -0.39 is 4.92 Å². The van der Waals surface area contributed by atoms with E-state index in [9.17, 15) is 14.9 Å². The molecule has 9 heteroatoms. The van der Waals surface area contributed by atoms with Crippen LogP contribution >= 0.6 is 11.8 Å². The Morgan fingerprint density at radius 1 is 1.19 bits per heavy atom. The summed E-state index contributed by atoms with van der Waals surface area (Å²) < 4.78 is 2.07. The van der Waals surface area contributed by atoms with Crippen LogP contribution in [0.25, 0.3) is 0 Å². The highest BCUT2D eigenvalue weighted by atomic mass is 32.2. The number of amides is 1. The van der Waals surface area contributed by atoms with Crippen molar-refractivity contribution in [1.29, 1.82) is 0 Å². The molecule has 1 aliphatic carbocycles. The van der Waals surface area contributed by atoms with E-state index >= 15 is 0 Å². The number of rotatable bonds is 8. The Hall–Kier alpha value is -3.20. The summed E-state index contributed by atoms with van der Waals surface area (Å²) in [6.07, 6.45) is 2.21. The molecule has 1 heterocycles. The third-order valence-corrected chi connectivity index (χ3v) is 6.25. The van der Waals surface area contributed by atoms with Crippen molar-refractivity contribution in [3.63, 3.8) is 0 Å². The summed E-state index contributed by atoms with van der Waals surface area (Å²) in [4.78, 5) is 23.5. The number of carbonyl (C=O) groups is 1. The predicted molar refractivity (Wildman–Crippen MR) is 119 cm³/mol. The number of thioether (sulfide) groups is 1. The zero-order valence-electron chi connectivity index (χ0n) is 17.4. The van der Waals surface area contributed by atoms with Gasteiger partial charge in [-0.05, 0) is 49.4 Å². The molecule has 4 rings (SSSR count). The van der Waals surface area contributed by atoms with Crippen molar-refractivity contribution in [2.24, 2.45) is 0 Å². The van der Waals surface area contributed by atoms with Gasteiger partial charge in [-0.3, -0.25) is 14.9 Å². The Bertz CT molecular complexity index is 1130. The summed E-state index contributed by atoms with van der Waals surface area (Å²) >= 11 is 1.29. The second-order valence-corrected chi connectivity index (χ2v) is 8.68. The molecule has 0 unspecified atom stereocenters. The minimum Gasteiger partial charge on any atom is -0.320 e. The summed E-state index contributed by atoms with van der Waals surface area (Å²) in [7, 11) is 0. The van der Waals surface area contributed by atoms with Crippen molar-refractivity contribution in [2.75, 3.05) is 11.1 Å². The highest BCUT2D eigenvalue weighted by Crippen LogP contribution is 2.40. The molecular weight excluding hydrogens is 414 g/mol. The lowest BCUT2D eigenvalue weighted by molar-refractivity contribution is -0.384. The van der Waals surface area contributed by atoms with Gasteiger partial charge in [0.25, 0.3) is 5.69 Å². The van der Waals surface area contributed by atoms with E-state index in [1.54, 1.807) is 13.0 Å². The first-order valence-corrected chi connectivity index (χ1v) is 11.1. The quantitative estimate of drug-likeness (QED) is 0.317. The van der Waals surface area contributed by atoms with E-state index in [0.29, 0.717) is 17.6 Å². The van der Waals surface area contributed by atoms with Crippen LogP contribution in [-0.2, 0) is 11.3 Å². The number of hydrogen-bond acceptors (Lipinski definition) is 6. The molecule has 0 aliphatic heterocycles. The van der Waals surface area contributed by atoms with Crippen LogP contribution in [0.15, 0.2) is 47.6 Å². The molecule has 8 nitrogen and oxygen atoms in total. The monoisotopic (exact) mass is 437 g/mol. The molecule has 1 amide bonds. The van der Waals surface area contributed by atoms with Crippen molar-refractivity contribution >= 4 is 29.0 Å². The summed E-state index contributed by atoms with van der Waals surface area (Å²) in [5, 5.41) is 23.4. The number of nitrogens with one attached hydrogen (secondary N) is 1. The van der Waals surface area contributed by atoms with E-state index in [-0.39, 0.29) is 23.0 Å². The van der Waals surface area contributed by atoms with Crippen molar-refractivity contribution in [2.45, 2.75) is 44.3 Å². The highest BCUT2D eigenvalue weighted by molar-refractivity contribution is 7.99. The Kier molecular flexibility index (Phi) is 6.03. The van der Waals surface area contributed by atoms with Crippen LogP contribution in [0.5, 0.6) is 0 Å². The van der Waals surface area contributed by atoms with Gasteiger partial charge < -0.3 is 9.88 Å². The van der Waals surface area contributed by atoms with Gasteiger partial charge in [0.15, 0.2) is 5.16 Å². The van der Waals surface area contributed by atoms with Gasteiger partial charge in [-0.15, -0.1) is 10.2 Å². The maximum atomic E-state index is 12.6. The molecule has 1 aliphatic rings. The smallest absolute Gasteiger partial charge is 0.293 e. The molecule has 0 saturated heterocycles. The minimum absolute atomic E-state index is 0.0850. The number of anilines is 1. The normalized spacial score (nSPS) is 13.2. The largest absolute Gasteiger partial charge is 0.320 e. The van der Waals surface area contributed by atoms with E-state index in [1.165, 1.54) is 17.8 Å². The molecule has 0 atom stereocenters. The topological polar surface area (TPSA) is 103 Å². The highest BCUT2D eigenvalue weighted by Gasteiger charge is 2.30. The number of nitro groups is 1. The first-order chi connectivity index (χ1) is 14.9. The van der Waals surface area contributed by atoms with Gasteiger partial charge in [0.2, 0.25) is 5.91 Å². The number of nitro benzene ring substituents is 1. The Labute approximate surface area is 184 Å². The summed E-state index contributed by atoms with van der Waals surface area (Å²) in [5.74, 6) is 1.15. The molecule has 160 valence electrons. The van der Waals surface area contributed by atoms with E-state index in [2.05, 4.69) is 32.2 Å². The third kappa shape index (κ3) is 4.93. The van der Waals surface area contributed by atoms with Gasteiger partial charge in [-0.25, -0.2) is 0 Å². The van der Waals surface area contributed by atoms with Gasteiger partial charge in [-0.2, -0.15) is 0 Å². The fourth-order valence-corrected chi connectivity index (χ4v) is 4.08. The van der Waals surface area contributed by atoms with Crippen molar-refractivity contribution in [1.82, 2.24) is 14.8 Å². The number of carbonyl (C=O) groups excluding carboxylic acids is 1. The van der Waals surface area contributed by atoms with Crippen LogP contribution in [0.2, 0.25) is 0 Å². The summed E-state index contributed by atoms with van der Waals surface area (Å²) in [6.45, 7) is 4.31. The van der Waals surface area contributed by atoms with E-state index in [1.807, 2.05) is 25.1 Å². The summed E-state index contributed by atoms with van der Waals surface area (Å²) in [5.41, 5.74) is 2.93. The lowest BCUT2D eigenvalue weighted by Crippen LogP contribution is -2.16. The molecule has 3 aromatic rings. The molecule has 0 radical (unpaired) electrons. The molecule has 1 saturated carbocycles. The number of nitrogens with zero attached hydrogens (tertiary/aromatic N) is 4. The Morgan fingerprint density at radius 2 is 1.90 bits per heavy atom. The number of benzene rings is 2. The Morgan fingerprint density at radius 3 is 2.58 bits per heavy atom. The molecule has 2 aromatic carbocycles. The first-order valence-electron chi connectivity index (χ1n) is 10.1. The first kappa shape index (κ1) is 21.0. The molecule has 1 aromatic heterocycles. The Balaban J connectivity index is 1.48. The van der Waals surface area contributed by atoms with Gasteiger partial charge >= 0.3 is 0 Å². The maximum absolute atomic E-state index is 12.6. The minimum atomic E-state index is -0.479. The zero-order valence-corrected chi connectivity index (χ0v) is 18.2. The molecule has 1 fully saturated rings. The number of hydrogen-bond donors (Lipinski definition) is 1. The SMILES string of the molecule is Cc1cc(NC(=O)CSc2nnc(C3CC3)n2Cc2ccccc2)c([N+](=O)[O-])cc1C. The molecule has 31 heavy (non-hydrogen) atoms. The van der Waals surface area contributed by atoms with Crippen LogP contribution in [0.4, 0.5) is 11.4 Å². The van der Waals surface area contributed by atoms with Crippen LogP contribution in [0.3, 0.4) is 0 Å². The molecule has 0 spiro atoms. The third-order valence-electron chi connectivity index (χ3n) is 5.29. The van der Waals surface area contributed by atoms with Crippen LogP contribution in [-0.4, -0.2) is 31.3 Å².